The Labute approximate surface area is 165 Å². The largest absolute Gasteiger partial charge is 0.290 e. The average Bonchev–Trinajstić information content (AvgIpc) is 2.51. The molecule has 0 aromatic heterocycles. The zero-order chi connectivity index (χ0) is 17.7. The van der Waals surface area contributed by atoms with Gasteiger partial charge in [-0.2, -0.15) is 0 Å². The first-order valence-electron chi connectivity index (χ1n) is 7.06. The number of hydrogen-bond donors (Lipinski definition) is 0. The SMILES string of the molecule is Cc1ccc(SC(=CC(=O)C(Cl)(Cl)Cl)Sc2ccc(C)cc2)cc1. The molecule has 2 aromatic carbocycles. The minimum atomic E-state index is -1.95. The van der Waals surface area contributed by atoms with Crippen molar-refractivity contribution in [3.8, 4) is 0 Å². The molecular weight excluding hydrogens is 403 g/mol. The number of alkyl halides is 3. The maximum atomic E-state index is 12.1. The van der Waals surface area contributed by atoms with Gasteiger partial charge in [0.2, 0.25) is 5.78 Å². The van der Waals surface area contributed by atoms with E-state index in [-0.39, 0.29) is 0 Å². The number of carbonyl (C=O) groups excluding carboxylic acids is 1. The van der Waals surface area contributed by atoms with Crippen LogP contribution in [0.4, 0.5) is 0 Å². The lowest BCUT2D eigenvalue weighted by Gasteiger charge is -2.10. The van der Waals surface area contributed by atoms with Gasteiger partial charge in [0, 0.05) is 15.9 Å². The molecule has 0 N–H and O–H groups in total. The quantitative estimate of drug-likeness (QED) is 0.297. The van der Waals surface area contributed by atoms with E-state index in [9.17, 15) is 4.79 Å². The fourth-order valence-electron chi connectivity index (χ4n) is 1.71. The smallest absolute Gasteiger partial charge is 0.252 e. The van der Waals surface area contributed by atoms with Crippen LogP contribution in [0.25, 0.3) is 0 Å². The topological polar surface area (TPSA) is 17.1 Å². The summed E-state index contributed by atoms with van der Waals surface area (Å²) in [5.74, 6) is -0.554. The second kappa shape index (κ2) is 8.68. The lowest BCUT2D eigenvalue weighted by molar-refractivity contribution is -0.113. The summed E-state index contributed by atoms with van der Waals surface area (Å²) in [5.41, 5.74) is 2.35. The van der Waals surface area contributed by atoms with E-state index in [1.54, 1.807) is 0 Å². The molecule has 0 spiro atoms. The Morgan fingerprint density at radius 3 is 1.54 bits per heavy atom. The van der Waals surface area contributed by atoms with Gasteiger partial charge in [-0.1, -0.05) is 93.7 Å². The summed E-state index contributed by atoms with van der Waals surface area (Å²) in [6.07, 6.45) is 1.39. The van der Waals surface area contributed by atoms with Crippen molar-refractivity contribution < 1.29 is 4.79 Å². The van der Waals surface area contributed by atoms with Crippen LogP contribution in [-0.2, 0) is 4.79 Å². The van der Waals surface area contributed by atoms with Crippen LogP contribution in [0.1, 0.15) is 11.1 Å². The molecular formula is C18H15Cl3OS2. The third-order valence-corrected chi connectivity index (χ3v) is 5.72. The fraction of sp³-hybridized carbons (Fsp3) is 0.167. The maximum absolute atomic E-state index is 12.1. The molecule has 24 heavy (non-hydrogen) atoms. The normalized spacial score (nSPS) is 11.2. The lowest BCUT2D eigenvalue weighted by Crippen LogP contribution is -2.15. The number of rotatable bonds is 5. The number of ketones is 1. The Hall–Kier alpha value is -0.580. The molecule has 0 heterocycles. The van der Waals surface area contributed by atoms with Gasteiger partial charge < -0.3 is 0 Å². The van der Waals surface area contributed by atoms with Gasteiger partial charge in [-0.05, 0) is 38.1 Å². The van der Waals surface area contributed by atoms with Gasteiger partial charge in [-0.3, -0.25) is 4.79 Å². The molecule has 0 aliphatic rings. The minimum Gasteiger partial charge on any atom is -0.290 e. The Kier molecular flexibility index (Phi) is 7.14. The first kappa shape index (κ1) is 19.7. The highest BCUT2D eigenvalue weighted by molar-refractivity contribution is 8.22. The fourth-order valence-corrected chi connectivity index (χ4v) is 3.96. The average molecular weight is 418 g/mol. The van der Waals surface area contributed by atoms with Crippen LogP contribution in [0.5, 0.6) is 0 Å². The molecule has 0 aliphatic carbocycles. The van der Waals surface area contributed by atoms with E-state index in [0.717, 1.165) is 14.0 Å². The summed E-state index contributed by atoms with van der Waals surface area (Å²) in [6.45, 7) is 4.05. The molecule has 0 saturated heterocycles. The molecule has 0 bridgehead atoms. The van der Waals surface area contributed by atoms with Gasteiger partial charge in [-0.25, -0.2) is 0 Å². The van der Waals surface area contributed by atoms with E-state index in [1.165, 1.54) is 40.7 Å². The second-order valence-corrected chi connectivity index (χ2v) is 9.93. The molecule has 2 aromatic rings. The van der Waals surface area contributed by atoms with Crippen molar-refractivity contribution >= 4 is 64.1 Å². The Bertz CT molecular complexity index is 683. The summed E-state index contributed by atoms with van der Waals surface area (Å²) < 4.78 is -1.20. The zero-order valence-electron chi connectivity index (χ0n) is 13.1. The zero-order valence-corrected chi connectivity index (χ0v) is 17.0. The standard InChI is InChI=1S/C18H15Cl3OS2/c1-12-3-7-14(8-4-12)23-17(11-16(22)18(19,20)21)24-15-9-5-13(2)6-10-15/h3-11H,1-2H3. The van der Waals surface area contributed by atoms with Crippen molar-refractivity contribution in [3.05, 3.63) is 70.0 Å². The monoisotopic (exact) mass is 416 g/mol. The van der Waals surface area contributed by atoms with Gasteiger partial charge in [-0.15, -0.1) is 0 Å². The van der Waals surface area contributed by atoms with Crippen molar-refractivity contribution in [2.24, 2.45) is 0 Å². The van der Waals surface area contributed by atoms with Crippen LogP contribution in [0, 0.1) is 13.8 Å². The highest BCUT2D eigenvalue weighted by Gasteiger charge is 2.29. The molecule has 0 aliphatic heterocycles. The molecule has 126 valence electrons. The van der Waals surface area contributed by atoms with E-state index in [2.05, 4.69) is 0 Å². The van der Waals surface area contributed by atoms with E-state index in [1.807, 2.05) is 62.4 Å². The van der Waals surface area contributed by atoms with Crippen LogP contribution in [0.15, 0.2) is 68.6 Å². The maximum Gasteiger partial charge on any atom is 0.252 e. The van der Waals surface area contributed by atoms with Gasteiger partial charge in [0.15, 0.2) is 0 Å². The molecule has 6 heteroatoms. The summed E-state index contributed by atoms with van der Waals surface area (Å²) in [5, 5.41) is 0. The molecule has 1 nitrogen and oxygen atoms in total. The second-order valence-electron chi connectivity index (χ2n) is 5.16. The Morgan fingerprint density at radius 2 is 1.21 bits per heavy atom. The van der Waals surface area contributed by atoms with Crippen molar-refractivity contribution in [1.82, 2.24) is 0 Å². The van der Waals surface area contributed by atoms with Crippen molar-refractivity contribution in [3.63, 3.8) is 0 Å². The summed E-state index contributed by atoms with van der Waals surface area (Å²) in [7, 11) is 0. The van der Waals surface area contributed by atoms with E-state index in [0.29, 0.717) is 0 Å². The van der Waals surface area contributed by atoms with E-state index in [4.69, 9.17) is 34.8 Å². The highest BCUT2D eigenvalue weighted by atomic mass is 35.6. The third-order valence-electron chi connectivity index (χ3n) is 3.01. The van der Waals surface area contributed by atoms with Crippen molar-refractivity contribution in [1.29, 1.82) is 0 Å². The van der Waals surface area contributed by atoms with Crippen LogP contribution >= 0.6 is 58.3 Å². The van der Waals surface area contributed by atoms with Gasteiger partial charge in [0.25, 0.3) is 3.79 Å². The van der Waals surface area contributed by atoms with E-state index >= 15 is 0 Å². The summed E-state index contributed by atoms with van der Waals surface area (Å²) >= 11 is 20.0. The number of carbonyl (C=O) groups is 1. The lowest BCUT2D eigenvalue weighted by atomic mass is 10.2. The molecule has 0 amide bonds. The molecule has 0 saturated carbocycles. The third kappa shape index (κ3) is 6.38. The molecule has 0 unspecified atom stereocenters. The highest BCUT2D eigenvalue weighted by Crippen LogP contribution is 2.40. The first-order chi connectivity index (χ1) is 11.2. The van der Waals surface area contributed by atoms with E-state index < -0.39 is 9.58 Å². The number of allylic oxidation sites excluding steroid dienone is 1. The number of benzene rings is 2. The van der Waals surface area contributed by atoms with Crippen LogP contribution in [-0.4, -0.2) is 9.58 Å². The molecule has 0 atom stereocenters. The van der Waals surface area contributed by atoms with Crippen LogP contribution in [0.3, 0.4) is 0 Å². The summed E-state index contributed by atoms with van der Waals surface area (Å²) in [6, 6.07) is 16.1. The number of aryl methyl sites for hydroxylation is 2. The van der Waals surface area contributed by atoms with Gasteiger partial charge >= 0.3 is 0 Å². The van der Waals surface area contributed by atoms with Crippen LogP contribution < -0.4 is 0 Å². The van der Waals surface area contributed by atoms with Crippen molar-refractivity contribution in [2.45, 2.75) is 27.4 Å². The molecule has 0 radical (unpaired) electrons. The Balaban J connectivity index is 2.26. The molecule has 0 fully saturated rings. The minimum absolute atomic E-state index is 0.554. The predicted molar refractivity (Wildman–Crippen MR) is 107 cm³/mol. The Morgan fingerprint density at radius 1 is 0.833 bits per heavy atom. The first-order valence-corrected chi connectivity index (χ1v) is 9.82. The van der Waals surface area contributed by atoms with Crippen LogP contribution in [0.2, 0.25) is 0 Å². The van der Waals surface area contributed by atoms with Gasteiger partial charge in [0.1, 0.15) is 0 Å². The van der Waals surface area contributed by atoms with Gasteiger partial charge in [0.05, 0.1) is 4.24 Å². The predicted octanol–water partition coefficient (Wildman–Crippen LogP) is 6.97. The number of hydrogen-bond acceptors (Lipinski definition) is 3. The number of thioether (sulfide) groups is 2. The molecule has 2 rings (SSSR count). The number of halogens is 3. The van der Waals surface area contributed by atoms with Crippen molar-refractivity contribution in [2.75, 3.05) is 0 Å². The summed E-state index contributed by atoms with van der Waals surface area (Å²) in [4.78, 5) is 14.1.